The van der Waals surface area contributed by atoms with Crippen LogP contribution >= 0.6 is 0 Å². The Bertz CT molecular complexity index is 642. The molecule has 0 radical (unpaired) electrons. The van der Waals surface area contributed by atoms with E-state index < -0.39 is 5.54 Å². The van der Waals surface area contributed by atoms with E-state index >= 15 is 0 Å². The first-order valence-electron chi connectivity index (χ1n) is 8.45. The van der Waals surface area contributed by atoms with Gasteiger partial charge in [-0.2, -0.15) is 0 Å². The third-order valence-electron chi connectivity index (χ3n) is 5.74. The molecular formula is C15H22N6O2. The van der Waals surface area contributed by atoms with Gasteiger partial charge < -0.3 is 5.32 Å². The highest BCUT2D eigenvalue weighted by atomic mass is 16.2. The van der Waals surface area contributed by atoms with E-state index in [0.29, 0.717) is 11.9 Å². The minimum Gasteiger partial charge on any atom is -0.323 e. The second kappa shape index (κ2) is 5.01. The summed E-state index contributed by atoms with van der Waals surface area (Å²) in [5.74, 6) is 0.760. The highest BCUT2D eigenvalue weighted by molar-refractivity contribution is 6.07. The van der Waals surface area contributed by atoms with Gasteiger partial charge in [0.1, 0.15) is 5.54 Å². The molecule has 1 spiro atoms. The zero-order valence-corrected chi connectivity index (χ0v) is 13.5. The van der Waals surface area contributed by atoms with Crippen molar-refractivity contribution in [2.24, 2.45) is 11.8 Å². The van der Waals surface area contributed by atoms with E-state index in [2.05, 4.69) is 34.7 Å². The summed E-state index contributed by atoms with van der Waals surface area (Å²) in [6, 6.07) is 0.00296. The van der Waals surface area contributed by atoms with Crippen molar-refractivity contribution in [1.29, 1.82) is 0 Å². The van der Waals surface area contributed by atoms with Crippen molar-refractivity contribution in [3.8, 4) is 0 Å². The molecule has 4 rings (SSSR count). The summed E-state index contributed by atoms with van der Waals surface area (Å²) in [5, 5.41) is 14.7. The molecule has 2 saturated carbocycles. The van der Waals surface area contributed by atoms with E-state index in [1.807, 2.05) is 0 Å². The second-order valence-electron chi connectivity index (χ2n) is 7.19. The predicted octanol–water partition coefficient (Wildman–Crippen LogP) is 1.25. The number of rotatable bonds is 3. The number of hydrogen-bond acceptors (Lipinski definition) is 5. The third kappa shape index (κ3) is 2.07. The topological polar surface area (TPSA) is 93.0 Å². The zero-order chi connectivity index (χ0) is 16.2. The molecule has 3 amide bonds. The number of nitrogens with one attached hydrogen (secondary N) is 1. The van der Waals surface area contributed by atoms with Crippen molar-refractivity contribution in [2.45, 2.75) is 64.1 Å². The Balaban J connectivity index is 1.61. The van der Waals surface area contributed by atoms with Gasteiger partial charge >= 0.3 is 6.03 Å². The first-order valence-corrected chi connectivity index (χ1v) is 8.45. The molecule has 23 heavy (non-hydrogen) atoms. The summed E-state index contributed by atoms with van der Waals surface area (Å²) in [7, 11) is 0. The summed E-state index contributed by atoms with van der Waals surface area (Å²) in [4.78, 5) is 26.9. The van der Waals surface area contributed by atoms with E-state index in [0.717, 1.165) is 32.1 Å². The Morgan fingerprint density at radius 1 is 1.17 bits per heavy atom. The van der Waals surface area contributed by atoms with Gasteiger partial charge in [0.15, 0.2) is 5.82 Å². The standard InChI is InChI=1S/C15H22N6O2/c1-9-4-3-5-10(2)15(9)13(22)20(14(23)16-15)8-12-17-18-19-21(12)11-6-7-11/h9-11H,3-8H2,1-2H3,(H,16,23)/t9-,10+,15?. The molecule has 1 aliphatic heterocycles. The number of urea groups is 1. The van der Waals surface area contributed by atoms with Crippen LogP contribution in [0.15, 0.2) is 0 Å². The van der Waals surface area contributed by atoms with Crippen LogP contribution in [0.3, 0.4) is 0 Å². The molecule has 3 atom stereocenters. The van der Waals surface area contributed by atoms with E-state index in [1.165, 1.54) is 4.90 Å². The van der Waals surface area contributed by atoms with Crippen LogP contribution in [0.25, 0.3) is 0 Å². The van der Waals surface area contributed by atoms with Gasteiger partial charge in [0, 0.05) is 0 Å². The summed E-state index contributed by atoms with van der Waals surface area (Å²) in [6.07, 6.45) is 5.13. The first kappa shape index (κ1) is 14.6. The molecule has 1 N–H and O–H groups in total. The van der Waals surface area contributed by atoms with Gasteiger partial charge in [0.05, 0.1) is 12.6 Å². The SMILES string of the molecule is C[C@@H]1CCC[C@H](C)C12NC(=O)N(Cc1nnnn1C1CC1)C2=O. The van der Waals surface area contributed by atoms with Gasteiger partial charge in [-0.1, -0.05) is 20.3 Å². The lowest BCUT2D eigenvalue weighted by molar-refractivity contribution is -0.137. The van der Waals surface area contributed by atoms with Crippen LogP contribution in [0.2, 0.25) is 0 Å². The monoisotopic (exact) mass is 318 g/mol. The van der Waals surface area contributed by atoms with Crippen molar-refractivity contribution in [3.63, 3.8) is 0 Å². The molecule has 2 aliphatic carbocycles. The summed E-state index contributed by atoms with van der Waals surface area (Å²) < 4.78 is 1.75. The van der Waals surface area contributed by atoms with E-state index in [-0.39, 0.29) is 30.3 Å². The minimum atomic E-state index is -0.757. The number of amides is 3. The second-order valence-corrected chi connectivity index (χ2v) is 7.19. The van der Waals surface area contributed by atoms with Crippen LogP contribution in [0.1, 0.15) is 57.8 Å². The Hall–Kier alpha value is -1.99. The molecule has 0 aromatic carbocycles. The Morgan fingerprint density at radius 3 is 2.52 bits per heavy atom. The van der Waals surface area contributed by atoms with Crippen molar-refractivity contribution in [2.75, 3.05) is 0 Å². The van der Waals surface area contributed by atoms with Crippen LogP contribution in [-0.2, 0) is 11.3 Å². The number of aromatic nitrogens is 4. The van der Waals surface area contributed by atoms with Gasteiger partial charge in [-0.05, 0) is 47.9 Å². The van der Waals surface area contributed by atoms with E-state index in [1.54, 1.807) is 4.68 Å². The summed E-state index contributed by atoms with van der Waals surface area (Å²) in [5.41, 5.74) is -0.757. The third-order valence-corrected chi connectivity index (χ3v) is 5.74. The number of carbonyl (C=O) groups excluding carboxylic acids is 2. The van der Waals surface area contributed by atoms with E-state index in [4.69, 9.17) is 0 Å². The average molecular weight is 318 g/mol. The fourth-order valence-electron chi connectivity index (χ4n) is 4.16. The van der Waals surface area contributed by atoms with Gasteiger partial charge in [-0.15, -0.1) is 5.10 Å². The fourth-order valence-corrected chi connectivity index (χ4v) is 4.16. The Morgan fingerprint density at radius 2 is 1.87 bits per heavy atom. The highest BCUT2D eigenvalue weighted by Crippen LogP contribution is 2.42. The molecule has 3 aliphatic rings. The molecule has 124 valence electrons. The summed E-state index contributed by atoms with van der Waals surface area (Å²) in [6.45, 7) is 4.27. The molecule has 1 unspecified atom stereocenters. The minimum absolute atomic E-state index is 0.118. The predicted molar refractivity (Wildman–Crippen MR) is 80.1 cm³/mol. The quantitative estimate of drug-likeness (QED) is 0.847. The Labute approximate surface area is 134 Å². The maximum absolute atomic E-state index is 13.1. The molecule has 8 nitrogen and oxygen atoms in total. The van der Waals surface area contributed by atoms with Crippen molar-refractivity contribution in [1.82, 2.24) is 30.4 Å². The van der Waals surface area contributed by atoms with Crippen LogP contribution < -0.4 is 5.32 Å². The molecule has 1 saturated heterocycles. The van der Waals surface area contributed by atoms with Gasteiger partial charge in [0.25, 0.3) is 5.91 Å². The van der Waals surface area contributed by atoms with Crippen molar-refractivity contribution < 1.29 is 9.59 Å². The normalized spacial score (nSPS) is 34.3. The lowest BCUT2D eigenvalue weighted by Crippen LogP contribution is -2.58. The summed E-state index contributed by atoms with van der Waals surface area (Å²) >= 11 is 0. The molecule has 8 heteroatoms. The number of tetrazole rings is 1. The average Bonchev–Trinajstić information content (AvgIpc) is 3.21. The number of imide groups is 1. The molecule has 1 aromatic rings. The molecule has 1 aromatic heterocycles. The number of nitrogens with zero attached hydrogens (tertiary/aromatic N) is 5. The lowest BCUT2D eigenvalue weighted by atomic mass is 9.67. The fraction of sp³-hybridized carbons (Fsp3) is 0.800. The molecule has 3 fully saturated rings. The Kier molecular flexibility index (Phi) is 3.18. The maximum atomic E-state index is 13.1. The van der Waals surface area contributed by atoms with Crippen molar-refractivity contribution >= 4 is 11.9 Å². The molecule has 0 bridgehead atoms. The van der Waals surface area contributed by atoms with Crippen LogP contribution in [-0.4, -0.2) is 42.6 Å². The molecule has 2 heterocycles. The van der Waals surface area contributed by atoms with Crippen LogP contribution in [0.5, 0.6) is 0 Å². The zero-order valence-electron chi connectivity index (χ0n) is 13.5. The highest BCUT2D eigenvalue weighted by Gasteiger charge is 2.58. The maximum Gasteiger partial charge on any atom is 0.325 e. The smallest absolute Gasteiger partial charge is 0.323 e. The number of carbonyl (C=O) groups is 2. The van der Waals surface area contributed by atoms with Gasteiger partial charge in [-0.3, -0.25) is 9.69 Å². The van der Waals surface area contributed by atoms with Crippen LogP contribution in [0.4, 0.5) is 4.79 Å². The first-order chi connectivity index (χ1) is 11.0. The van der Waals surface area contributed by atoms with Crippen LogP contribution in [0, 0.1) is 11.8 Å². The largest absolute Gasteiger partial charge is 0.325 e. The van der Waals surface area contributed by atoms with Gasteiger partial charge in [-0.25, -0.2) is 9.48 Å². The molecular weight excluding hydrogens is 296 g/mol. The van der Waals surface area contributed by atoms with Crippen molar-refractivity contribution in [3.05, 3.63) is 5.82 Å². The number of hydrogen-bond donors (Lipinski definition) is 1. The van der Waals surface area contributed by atoms with Gasteiger partial charge in [0.2, 0.25) is 0 Å². The lowest BCUT2D eigenvalue weighted by Gasteiger charge is -2.42. The van der Waals surface area contributed by atoms with E-state index in [9.17, 15) is 9.59 Å².